The predicted octanol–water partition coefficient (Wildman–Crippen LogP) is 2.05. The fraction of sp³-hybridized carbons (Fsp3) is 0.833. The van der Waals surface area contributed by atoms with Crippen LogP contribution in [0.3, 0.4) is 0 Å². The van der Waals surface area contributed by atoms with E-state index in [9.17, 15) is 8.78 Å². The first-order valence-corrected chi connectivity index (χ1v) is 7.46. The standard InChI is InChI=1S/C12H19F2N3OS/c13-10(14)8-18-7-5-12-17-16-11(19-12)2-1-6-15-9-3-4-9/h9-10,15H,1-8H2. The van der Waals surface area contributed by atoms with Gasteiger partial charge in [-0.25, -0.2) is 8.78 Å². The van der Waals surface area contributed by atoms with E-state index < -0.39 is 13.0 Å². The molecule has 1 aromatic rings. The number of halogens is 2. The third-order valence-electron chi connectivity index (χ3n) is 2.79. The molecule has 0 atom stereocenters. The summed E-state index contributed by atoms with van der Waals surface area (Å²) in [6.45, 7) is 0.803. The number of aromatic nitrogens is 2. The lowest BCUT2D eigenvalue weighted by Crippen LogP contribution is -2.17. The molecule has 1 fully saturated rings. The summed E-state index contributed by atoms with van der Waals surface area (Å²) in [5, 5.41) is 13.5. The van der Waals surface area contributed by atoms with Crippen molar-refractivity contribution in [1.29, 1.82) is 0 Å². The van der Waals surface area contributed by atoms with E-state index in [-0.39, 0.29) is 6.61 Å². The van der Waals surface area contributed by atoms with Gasteiger partial charge in [-0.05, 0) is 25.8 Å². The number of hydrogen-bond acceptors (Lipinski definition) is 5. The van der Waals surface area contributed by atoms with Gasteiger partial charge in [0.1, 0.15) is 16.6 Å². The molecule has 0 aliphatic heterocycles. The zero-order valence-corrected chi connectivity index (χ0v) is 11.6. The predicted molar refractivity (Wildman–Crippen MR) is 69.8 cm³/mol. The van der Waals surface area contributed by atoms with E-state index in [2.05, 4.69) is 15.5 Å². The van der Waals surface area contributed by atoms with Crippen molar-refractivity contribution >= 4 is 11.3 Å². The second kappa shape index (κ2) is 7.81. The quantitative estimate of drug-likeness (QED) is 0.670. The summed E-state index contributed by atoms with van der Waals surface area (Å²) in [5.41, 5.74) is 0. The molecular formula is C12H19F2N3OS. The molecule has 0 unspecified atom stereocenters. The maximum absolute atomic E-state index is 11.8. The van der Waals surface area contributed by atoms with E-state index >= 15 is 0 Å². The van der Waals surface area contributed by atoms with Gasteiger partial charge < -0.3 is 10.1 Å². The maximum atomic E-state index is 11.8. The maximum Gasteiger partial charge on any atom is 0.261 e. The average molecular weight is 291 g/mol. The second-order valence-corrected chi connectivity index (χ2v) is 5.78. The summed E-state index contributed by atoms with van der Waals surface area (Å²) < 4.78 is 28.5. The van der Waals surface area contributed by atoms with E-state index in [0.717, 1.165) is 35.4 Å². The molecule has 7 heteroatoms. The Morgan fingerprint density at radius 1 is 1.26 bits per heavy atom. The van der Waals surface area contributed by atoms with E-state index in [1.54, 1.807) is 11.3 Å². The topological polar surface area (TPSA) is 47.0 Å². The Balaban J connectivity index is 1.55. The highest BCUT2D eigenvalue weighted by molar-refractivity contribution is 7.11. The van der Waals surface area contributed by atoms with Gasteiger partial charge in [0.15, 0.2) is 0 Å². The SMILES string of the molecule is FC(F)COCCc1nnc(CCCNC2CC2)s1. The van der Waals surface area contributed by atoms with Gasteiger partial charge in [0.25, 0.3) is 6.43 Å². The van der Waals surface area contributed by atoms with Crippen LogP contribution in [-0.2, 0) is 17.6 Å². The summed E-state index contributed by atoms with van der Waals surface area (Å²) in [6.07, 6.45) is 2.76. The number of aryl methyl sites for hydroxylation is 1. The molecule has 0 amide bonds. The third kappa shape index (κ3) is 6.35. The van der Waals surface area contributed by atoms with Crippen molar-refractivity contribution in [3.63, 3.8) is 0 Å². The highest BCUT2D eigenvalue weighted by atomic mass is 32.1. The first-order valence-electron chi connectivity index (χ1n) is 6.64. The zero-order chi connectivity index (χ0) is 13.5. The van der Waals surface area contributed by atoms with Crippen molar-refractivity contribution in [2.75, 3.05) is 19.8 Å². The minimum atomic E-state index is -2.40. The van der Waals surface area contributed by atoms with Crippen LogP contribution in [0.5, 0.6) is 0 Å². The molecule has 19 heavy (non-hydrogen) atoms. The van der Waals surface area contributed by atoms with Crippen LogP contribution in [0, 0.1) is 0 Å². The Morgan fingerprint density at radius 3 is 2.68 bits per heavy atom. The first-order chi connectivity index (χ1) is 9.24. The van der Waals surface area contributed by atoms with Gasteiger partial charge in [-0.1, -0.05) is 0 Å². The summed E-state index contributed by atoms with van der Waals surface area (Å²) in [7, 11) is 0. The Morgan fingerprint density at radius 2 is 2.00 bits per heavy atom. The lowest BCUT2D eigenvalue weighted by atomic mass is 10.3. The van der Waals surface area contributed by atoms with Gasteiger partial charge in [-0.3, -0.25) is 0 Å². The van der Waals surface area contributed by atoms with Crippen molar-refractivity contribution in [2.45, 2.75) is 44.6 Å². The van der Waals surface area contributed by atoms with Crippen LogP contribution in [0.15, 0.2) is 0 Å². The van der Waals surface area contributed by atoms with E-state index in [1.807, 2.05) is 0 Å². The zero-order valence-electron chi connectivity index (χ0n) is 10.8. The molecule has 0 saturated heterocycles. The van der Waals surface area contributed by atoms with Gasteiger partial charge >= 0.3 is 0 Å². The van der Waals surface area contributed by atoms with Crippen LogP contribution in [0.25, 0.3) is 0 Å². The van der Waals surface area contributed by atoms with Crippen molar-refractivity contribution in [1.82, 2.24) is 15.5 Å². The van der Waals surface area contributed by atoms with Gasteiger partial charge in [0, 0.05) is 18.9 Å². The van der Waals surface area contributed by atoms with Crippen LogP contribution in [0.2, 0.25) is 0 Å². The van der Waals surface area contributed by atoms with Gasteiger partial charge in [0.05, 0.1) is 6.61 Å². The molecule has 0 aromatic carbocycles. The Hall–Kier alpha value is -0.660. The summed E-state index contributed by atoms with van der Waals surface area (Å²) >= 11 is 1.55. The lowest BCUT2D eigenvalue weighted by molar-refractivity contribution is 0.0186. The molecule has 1 N–H and O–H groups in total. The van der Waals surface area contributed by atoms with Crippen molar-refractivity contribution in [3.8, 4) is 0 Å². The molecule has 108 valence electrons. The number of nitrogens with one attached hydrogen (secondary N) is 1. The number of alkyl halides is 2. The van der Waals surface area contributed by atoms with E-state index in [1.165, 1.54) is 12.8 Å². The minimum Gasteiger partial charge on any atom is -0.375 e. The number of hydrogen-bond donors (Lipinski definition) is 1. The van der Waals surface area contributed by atoms with Crippen LogP contribution >= 0.6 is 11.3 Å². The minimum absolute atomic E-state index is 0.280. The Labute approximate surface area is 115 Å². The average Bonchev–Trinajstić information content (AvgIpc) is 3.09. The fourth-order valence-electron chi connectivity index (χ4n) is 1.66. The van der Waals surface area contributed by atoms with Crippen LogP contribution in [0.4, 0.5) is 8.78 Å². The second-order valence-electron chi connectivity index (χ2n) is 4.64. The molecule has 1 saturated carbocycles. The summed E-state index contributed by atoms with van der Waals surface area (Å²) in [5.74, 6) is 0. The van der Waals surface area contributed by atoms with Crippen LogP contribution in [-0.4, -0.2) is 42.4 Å². The molecule has 1 aromatic heterocycles. The Bertz CT molecular complexity index is 347. The molecule has 0 radical (unpaired) electrons. The van der Waals surface area contributed by atoms with Crippen molar-refractivity contribution in [2.24, 2.45) is 0 Å². The largest absolute Gasteiger partial charge is 0.375 e. The number of nitrogens with zero attached hydrogens (tertiary/aromatic N) is 2. The summed E-state index contributed by atoms with van der Waals surface area (Å²) in [6, 6.07) is 0.747. The highest BCUT2D eigenvalue weighted by Crippen LogP contribution is 2.18. The van der Waals surface area contributed by atoms with Crippen LogP contribution < -0.4 is 5.32 Å². The lowest BCUT2D eigenvalue weighted by Gasteiger charge is -2.00. The van der Waals surface area contributed by atoms with Crippen molar-refractivity contribution in [3.05, 3.63) is 10.0 Å². The normalized spacial score (nSPS) is 15.3. The monoisotopic (exact) mass is 291 g/mol. The summed E-state index contributed by atoms with van der Waals surface area (Å²) in [4.78, 5) is 0. The number of ether oxygens (including phenoxy) is 1. The van der Waals surface area contributed by atoms with Crippen LogP contribution in [0.1, 0.15) is 29.3 Å². The first kappa shape index (κ1) is 14.7. The molecule has 0 bridgehead atoms. The van der Waals surface area contributed by atoms with Gasteiger partial charge in [-0.2, -0.15) is 0 Å². The molecule has 1 heterocycles. The smallest absolute Gasteiger partial charge is 0.261 e. The molecule has 4 nitrogen and oxygen atoms in total. The van der Waals surface area contributed by atoms with Crippen molar-refractivity contribution < 1.29 is 13.5 Å². The Kier molecular flexibility index (Phi) is 6.06. The van der Waals surface area contributed by atoms with E-state index in [0.29, 0.717) is 6.42 Å². The number of rotatable bonds is 10. The molecule has 1 aliphatic carbocycles. The highest BCUT2D eigenvalue weighted by Gasteiger charge is 2.19. The molecule has 2 rings (SSSR count). The fourth-order valence-corrected chi connectivity index (χ4v) is 2.52. The van der Waals surface area contributed by atoms with E-state index in [4.69, 9.17) is 4.74 Å². The third-order valence-corrected chi connectivity index (χ3v) is 3.83. The van der Waals surface area contributed by atoms with Gasteiger partial charge in [0.2, 0.25) is 0 Å². The molecule has 0 spiro atoms. The van der Waals surface area contributed by atoms with Gasteiger partial charge in [-0.15, -0.1) is 21.5 Å². The molecular weight excluding hydrogens is 272 g/mol. The molecule has 1 aliphatic rings.